The Hall–Kier alpha value is -2.41. The molecule has 0 radical (unpaired) electrons. The molecule has 7 heteroatoms. The van der Waals surface area contributed by atoms with Crippen molar-refractivity contribution < 1.29 is 14.6 Å². The lowest BCUT2D eigenvalue weighted by molar-refractivity contribution is 0.0121. The van der Waals surface area contributed by atoms with Crippen molar-refractivity contribution in [3.05, 3.63) is 42.0 Å². The molecule has 0 spiro atoms. The molecule has 0 atom stereocenters. The van der Waals surface area contributed by atoms with E-state index in [2.05, 4.69) is 20.1 Å². The van der Waals surface area contributed by atoms with Crippen molar-refractivity contribution in [2.24, 2.45) is 0 Å². The highest BCUT2D eigenvalue weighted by atomic mass is 16.5. The summed E-state index contributed by atoms with van der Waals surface area (Å²) in [6.07, 6.45) is 1.49. The first-order valence-corrected chi connectivity index (χ1v) is 6.28. The van der Waals surface area contributed by atoms with Gasteiger partial charge < -0.3 is 9.84 Å². The molecule has 1 aromatic heterocycles. The first-order chi connectivity index (χ1) is 9.72. The highest BCUT2D eigenvalue weighted by Gasteiger charge is 2.29. The maximum Gasteiger partial charge on any atom is 0.339 e. The molecule has 104 valence electrons. The topological polar surface area (TPSA) is 91.3 Å². The third-order valence-electron chi connectivity index (χ3n) is 3.17. The largest absolute Gasteiger partial charge is 0.487 e. The van der Waals surface area contributed by atoms with Gasteiger partial charge in [-0.25, -0.2) is 9.78 Å². The quantitative estimate of drug-likeness (QED) is 0.836. The second-order valence-electron chi connectivity index (χ2n) is 4.67. The summed E-state index contributed by atoms with van der Waals surface area (Å²) in [5.41, 5.74) is 0.196. The van der Waals surface area contributed by atoms with Crippen molar-refractivity contribution >= 4 is 5.97 Å². The Balaban J connectivity index is 1.55. The van der Waals surface area contributed by atoms with E-state index < -0.39 is 5.97 Å². The molecule has 0 bridgehead atoms. The molecule has 0 saturated carbocycles. The number of carboxylic acids is 1. The Labute approximate surface area is 115 Å². The van der Waals surface area contributed by atoms with Crippen LogP contribution in [0.25, 0.3) is 0 Å². The smallest absolute Gasteiger partial charge is 0.339 e. The fourth-order valence-corrected chi connectivity index (χ4v) is 2.17. The van der Waals surface area contributed by atoms with Gasteiger partial charge in [-0.05, 0) is 12.1 Å². The monoisotopic (exact) mass is 274 g/mol. The zero-order valence-corrected chi connectivity index (χ0v) is 10.7. The van der Waals surface area contributed by atoms with Gasteiger partial charge in [0.1, 0.15) is 29.6 Å². The number of hydrogen-bond donors (Lipinski definition) is 2. The zero-order valence-electron chi connectivity index (χ0n) is 10.7. The third-order valence-corrected chi connectivity index (χ3v) is 3.17. The summed E-state index contributed by atoms with van der Waals surface area (Å²) in [6.45, 7) is 2.18. The summed E-state index contributed by atoms with van der Waals surface area (Å²) in [5.74, 6) is 0.261. The van der Waals surface area contributed by atoms with E-state index >= 15 is 0 Å². The summed E-state index contributed by atoms with van der Waals surface area (Å²) in [7, 11) is 0. The molecule has 2 N–H and O–H groups in total. The van der Waals surface area contributed by atoms with E-state index in [1.165, 1.54) is 6.33 Å². The Bertz CT molecular complexity index is 593. The molecule has 7 nitrogen and oxygen atoms in total. The minimum Gasteiger partial charge on any atom is -0.487 e. The Morgan fingerprint density at radius 2 is 2.25 bits per heavy atom. The van der Waals surface area contributed by atoms with Gasteiger partial charge in [-0.15, -0.1) is 0 Å². The Kier molecular flexibility index (Phi) is 3.34. The number of nitrogens with one attached hydrogen (secondary N) is 1. The van der Waals surface area contributed by atoms with E-state index in [0.29, 0.717) is 12.3 Å². The standard InChI is InChI=1S/C13H14N4O3/c18-13(19)10-3-1-2-4-11(10)20-9-5-17(6-9)7-12-14-8-15-16-12/h1-4,8-9H,5-7H2,(H,18,19)(H,14,15,16). The summed E-state index contributed by atoms with van der Waals surface area (Å²) in [6, 6.07) is 6.69. The molecule has 0 aliphatic carbocycles. The van der Waals surface area contributed by atoms with Crippen LogP contribution in [-0.4, -0.2) is 50.4 Å². The van der Waals surface area contributed by atoms with Crippen LogP contribution in [0.4, 0.5) is 0 Å². The SMILES string of the molecule is O=C(O)c1ccccc1OC1CN(Cc2ncn[nH]2)C1. The van der Waals surface area contributed by atoms with Crippen LogP contribution in [-0.2, 0) is 6.54 Å². The third kappa shape index (κ3) is 2.62. The van der Waals surface area contributed by atoms with Crippen molar-refractivity contribution in [3.8, 4) is 5.75 Å². The molecule has 1 aliphatic heterocycles. The van der Waals surface area contributed by atoms with Crippen LogP contribution in [0, 0.1) is 0 Å². The normalized spacial score (nSPS) is 15.8. The number of nitrogens with zero attached hydrogens (tertiary/aromatic N) is 3. The number of aromatic carboxylic acids is 1. The van der Waals surface area contributed by atoms with Crippen molar-refractivity contribution in [1.82, 2.24) is 20.1 Å². The summed E-state index contributed by atoms with van der Waals surface area (Å²) in [5, 5.41) is 15.7. The highest BCUT2D eigenvalue weighted by Crippen LogP contribution is 2.23. The van der Waals surface area contributed by atoms with E-state index in [-0.39, 0.29) is 11.7 Å². The van der Waals surface area contributed by atoms with E-state index in [1.54, 1.807) is 24.3 Å². The van der Waals surface area contributed by atoms with E-state index in [4.69, 9.17) is 9.84 Å². The van der Waals surface area contributed by atoms with Crippen LogP contribution in [0.3, 0.4) is 0 Å². The van der Waals surface area contributed by atoms with Gasteiger partial charge in [0.15, 0.2) is 0 Å². The first-order valence-electron chi connectivity index (χ1n) is 6.28. The van der Waals surface area contributed by atoms with Crippen LogP contribution >= 0.6 is 0 Å². The number of aromatic nitrogens is 3. The Morgan fingerprint density at radius 3 is 2.95 bits per heavy atom. The number of likely N-dealkylation sites (tertiary alicyclic amines) is 1. The lowest BCUT2D eigenvalue weighted by Crippen LogP contribution is -2.53. The van der Waals surface area contributed by atoms with Gasteiger partial charge in [-0.2, -0.15) is 5.10 Å². The van der Waals surface area contributed by atoms with E-state index in [1.807, 2.05) is 0 Å². The summed E-state index contributed by atoms with van der Waals surface area (Å²) in [4.78, 5) is 17.3. The summed E-state index contributed by atoms with van der Waals surface area (Å²) >= 11 is 0. The average Bonchev–Trinajstić information content (AvgIpc) is 2.89. The minimum atomic E-state index is -0.974. The van der Waals surface area contributed by atoms with E-state index in [9.17, 15) is 4.79 Å². The first kappa shape index (κ1) is 12.6. The van der Waals surface area contributed by atoms with Gasteiger partial charge in [0.05, 0.1) is 6.54 Å². The Morgan fingerprint density at radius 1 is 1.45 bits per heavy atom. The van der Waals surface area contributed by atoms with Crippen molar-refractivity contribution in [2.75, 3.05) is 13.1 Å². The second-order valence-corrected chi connectivity index (χ2v) is 4.67. The maximum absolute atomic E-state index is 11.1. The van der Waals surface area contributed by atoms with Gasteiger partial charge in [-0.3, -0.25) is 10.00 Å². The van der Waals surface area contributed by atoms with Crippen molar-refractivity contribution in [2.45, 2.75) is 12.6 Å². The average molecular weight is 274 g/mol. The van der Waals surface area contributed by atoms with E-state index in [0.717, 1.165) is 18.9 Å². The summed E-state index contributed by atoms with van der Waals surface area (Å²) < 4.78 is 5.72. The maximum atomic E-state index is 11.1. The zero-order chi connectivity index (χ0) is 13.9. The van der Waals surface area contributed by atoms with Gasteiger partial charge >= 0.3 is 5.97 Å². The fourth-order valence-electron chi connectivity index (χ4n) is 2.17. The highest BCUT2D eigenvalue weighted by molar-refractivity contribution is 5.90. The minimum absolute atomic E-state index is 0.0124. The predicted octanol–water partition coefficient (Wildman–Crippen LogP) is 0.766. The van der Waals surface area contributed by atoms with Crippen LogP contribution < -0.4 is 4.74 Å². The van der Waals surface area contributed by atoms with Gasteiger partial charge in [-0.1, -0.05) is 12.1 Å². The molecule has 1 saturated heterocycles. The molecule has 0 unspecified atom stereocenters. The van der Waals surface area contributed by atoms with Crippen LogP contribution in [0.5, 0.6) is 5.75 Å². The number of benzene rings is 1. The van der Waals surface area contributed by atoms with Gasteiger partial charge in [0.2, 0.25) is 0 Å². The fraction of sp³-hybridized carbons (Fsp3) is 0.308. The number of carbonyl (C=O) groups is 1. The number of carboxylic acid groups (broad SMARTS) is 1. The number of hydrogen-bond acceptors (Lipinski definition) is 5. The molecule has 20 heavy (non-hydrogen) atoms. The number of para-hydroxylation sites is 1. The molecule has 2 aromatic rings. The van der Waals surface area contributed by atoms with Crippen molar-refractivity contribution in [1.29, 1.82) is 0 Å². The lowest BCUT2D eigenvalue weighted by Gasteiger charge is -2.38. The molecule has 1 aromatic carbocycles. The number of ether oxygens (including phenoxy) is 1. The number of aromatic amines is 1. The molecule has 1 aliphatic rings. The molecule has 1 fully saturated rings. The van der Waals surface area contributed by atoms with Crippen LogP contribution in [0.15, 0.2) is 30.6 Å². The lowest BCUT2D eigenvalue weighted by atomic mass is 10.1. The molecular weight excluding hydrogens is 260 g/mol. The molecule has 2 heterocycles. The molecule has 0 amide bonds. The second kappa shape index (κ2) is 5.30. The number of rotatable bonds is 5. The predicted molar refractivity (Wildman–Crippen MR) is 69.5 cm³/mol. The van der Waals surface area contributed by atoms with Crippen molar-refractivity contribution in [3.63, 3.8) is 0 Å². The van der Waals surface area contributed by atoms with Gasteiger partial charge in [0.25, 0.3) is 0 Å². The van der Waals surface area contributed by atoms with Gasteiger partial charge in [0, 0.05) is 13.1 Å². The number of H-pyrrole nitrogens is 1. The van der Waals surface area contributed by atoms with Crippen LogP contribution in [0.2, 0.25) is 0 Å². The van der Waals surface area contributed by atoms with Crippen LogP contribution in [0.1, 0.15) is 16.2 Å². The molecular formula is C13H14N4O3. The molecule has 3 rings (SSSR count).